The molecule has 35 heavy (non-hydrogen) atoms. The van der Waals surface area contributed by atoms with Gasteiger partial charge in [-0.05, 0) is 63.3 Å². The van der Waals surface area contributed by atoms with Crippen molar-refractivity contribution < 1.29 is 19.0 Å². The zero-order valence-corrected chi connectivity index (χ0v) is 20.6. The molecule has 0 aliphatic heterocycles. The van der Waals surface area contributed by atoms with E-state index in [2.05, 4.69) is 6.08 Å². The summed E-state index contributed by atoms with van der Waals surface area (Å²) in [5.41, 5.74) is 3.99. The third kappa shape index (κ3) is 4.48. The zero-order valence-electron chi connectivity index (χ0n) is 20.6. The SMILES string of the molecule is COc1cc2c3c(C4=CCCC4)nccc3n(C(=O)OC(C)(C)C)c2cc1OCc1ccccc1. The molecule has 1 aliphatic carbocycles. The molecule has 6 heteroatoms. The maximum Gasteiger partial charge on any atom is 0.419 e. The molecule has 0 atom stereocenters. The summed E-state index contributed by atoms with van der Waals surface area (Å²) < 4.78 is 19.3. The van der Waals surface area contributed by atoms with E-state index in [0.29, 0.717) is 23.6 Å². The molecule has 5 rings (SSSR count). The van der Waals surface area contributed by atoms with Crippen LogP contribution in [0.1, 0.15) is 51.3 Å². The zero-order chi connectivity index (χ0) is 24.6. The van der Waals surface area contributed by atoms with Gasteiger partial charge in [-0.15, -0.1) is 0 Å². The fourth-order valence-electron chi connectivity index (χ4n) is 4.61. The summed E-state index contributed by atoms with van der Waals surface area (Å²) in [6.07, 6.45) is 6.70. The summed E-state index contributed by atoms with van der Waals surface area (Å²) in [5.74, 6) is 1.16. The lowest BCUT2D eigenvalue weighted by atomic mass is 10.0. The molecule has 0 bridgehead atoms. The van der Waals surface area contributed by atoms with Crippen LogP contribution in [0.25, 0.3) is 27.4 Å². The van der Waals surface area contributed by atoms with Crippen molar-refractivity contribution in [3.8, 4) is 11.5 Å². The van der Waals surface area contributed by atoms with Gasteiger partial charge >= 0.3 is 6.09 Å². The molecule has 4 aromatic rings. The lowest BCUT2D eigenvalue weighted by Gasteiger charge is -2.20. The number of ether oxygens (including phenoxy) is 3. The molecule has 6 nitrogen and oxygen atoms in total. The van der Waals surface area contributed by atoms with E-state index in [1.54, 1.807) is 17.9 Å². The van der Waals surface area contributed by atoms with Crippen molar-refractivity contribution in [3.05, 3.63) is 72.1 Å². The van der Waals surface area contributed by atoms with Gasteiger partial charge in [0.2, 0.25) is 0 Å². The Hall–Kier alpha value is -3.80. The van der Waals surface area contributed by atoms with Crippen LogP contribution in [-0.2, 0) is 11.3 Å². The smallest absolute Gasteiger partial charge is 0.419 e. The number of hydrogen-bond acceptors (Lipinski definition) is 5. The Kier molecular flexibility index (Phi) is 5.97. The molecule has 0 radical (unpaired) electrons. The van der Waals surface area contributed by atoms with Gasteiger partial charge in [0.15, 0.2) is 11.5 Å². The molecule has 0 N–H and O–H groups in total. The largest absolute Gasteiger partial charge is 0.493 e. The van der Waals surface area contributed by atoms with Gasteiger partial charge in [-0.25, -0.2) is 9.36 Å². The van der Waals surface area contributed by atoms with Crippen LogP contribution in [0.5, 0.6) is 11.5 Å². The van der Waals surface area contributed by atoms with Crippen molar-refractivity contribution in [2.45, 2.75) is 52.2 Å². The summed E-state index contributed by atoms with van der Waals surface area (Å²) in [6, 6.07) is 15.6. The van der Waals surface area contributed by atoms with Crippen molar-refractivity contribution >= 4 is 33.5 Å². The molecule has 2 aromatic carbocycles. The molecule has 2 heterocycles. The second-order valence-corrected chi connectivity index (χ2v) is 9.79. The molecule has 1 aliphatic rings. The molecular weight excluding hydrogens is 440 g/mol. The minimum atomic E-state index is -0.636. The number of hydrogen-bond donors (Lipinski definition) is 0. The Morgan fingerprint density at radius 2 is 1.86 bits per heavy atom. The summed E-state index contributed by atoms with van der Waals surface area (Å²) in [5, 5.41) is 1.81. The number of allylic oxidation sites excluding steroid dienone is 2. The summed E-state index contributed by atoms with van der Waals surface area (Å²) in [6.45, 7) is 5.99. The fourth-order valence-corrected chi connectivity index (χ4v) is 4.61. The van der Waals surface area contributed by atoms with E-state index in [1.165, 1.54) is 5.57 Å². The normalized spacial score (nSPS) is 13.8. The van der Waals surface area contributed by atoms with Crippen LogP contribution in [0.15, 0.2) is 60.8 Å². The van der Waals surface area contributed by atoms with Gasteiger partial charge in [-0.3, -0.25) is 4.98 Å². The summed E-state index contributed by atoms with van der Waals surface area (Å²) in [4.78, 5) is 18.2. The maximum atomic E-state index is 13.5. The monoisotopic (exact) mass is 470 g/mol. The van der Waals surface area contributed by atoms with E-state index in [1.807, 2.05) is 69.3 Å². The van der Waals surface area contributed by atoms with Gasteiger partial charge in [0, 0.05) is 23.0 Å². The van der Waals surface area contributed by atoms with Crippen LogP contribution >= 0.6 is 0 Å². The minimum absolute atomic E-state index is 0.384. The van der Waals surface area contributed by atoms with Gasteiger partial charge in [0.05, 0.1) is 23.8 Å². The number of carbonyl (C=O) groups excluding carboxylic acids is 1. The number of carbonyl (C=O) groups is 1. The quantitative estimate of drug-likeness (QED) is 0.310. The predicted molar refractivity (Wildman–Crippen MR) is 138 cm³/mol. The van der Waals surface area contributed by atoms with Gasteiger partial charge in [-0.2, -0.15) is 0 Å². The van der Waals surface area contributed by atoms with Crippen molar-refractivity contribution in [2.24, 2.45) is 0 Å². The first kappa shape index (κ1) is 23.0. The second-order valence-electron chi connectivity index (χ2n) is 9.79. The Morgan fingerprint density at radius 3 is 2.54 bits per heavy atom. The third-order valence-corrected chi connectivity index (χ3v) is 6.12. The molecule has 0 spiro atoms. The summed E-state index contributed by atoms with van der Waals surface area (Å²) >= 11 is 0. The van der Waals surface area contributed by atoms with Crippen LogP contribution in [0, 0.1) is 0 Å². The number of pyridine rings is 1. The Bertz CT molecular complexity index is 1430. The standard InChI is InChI=1S/C29H30N2O4/c1-29(2,3)35-28(32)31-22-14-15-30-27(20-12-8-9-13-20)26(22)21-16-24(33-4)25(17-23(21)31)34-18-19-10-6-5-7-11-19/h5-7,10-12,14-17H,8-9,13,18H2,1-4H3. The predicted octanol–water partition coefficient (Wildman–Crippen LogP) is 7.13. The Balaban J connectivity index is 1.72. The van der Waals surface area contributed by atoms with E-state index in [0.717, 1.165) is 46.8 Å². The van der Waals surface area contributed by atoms with Gasteiger partial charge in [0.25, 0.3) is 0 Å². The van der Waals surface area contributed by atoms with E-state index in [9.17, 15) is 4.79 Å². The molecule has 0 fully saturated rings. The van der Waals surface area contributed by atoms with Gasteiger partial charge in [0.1, 0.15) is 12.2 Å². The highest BCUT2D eigenvalue weighted by atomic mass is 16.6. The van der Waals surface area contributed by atoms with Crippen molar-refractivity contribution in [3.63, 3.8) is 0 Å². The molecular formula is C29H30N2O4. The first-order valence-electron chi connectivity index (χ1n) is 12.0. The van der Waals surface area contributed by atoms with E-state index < -0.39 is 11.7 Å². The van der Waals surface area contributed by atoms with E-state index >= 15 is 0 Å². The number of methoxy groups -OCH3 is 1. The third-order valence-electron chi connectivity index (χ3n) is 6.12. The van der Waals surface area contributed by atoms with Gasteiger partial charge < -0.3 is 14.2 Å². The number of nitrogens with zero attached hydrogens (tertiary/aromatic N) is 2. The average molecular weight is 471 g/mol. The highest BCUT2D eigenvalue weighted by molar-refractivity contribution is 6.16. The number of benzene rings is 2. The van der Waals surface area contributed by atoms with Crippen molar-refractivity contribution in [2.75, 3.05) is 7.11 Å². The first-order valence-corrected chi connectivity index (χ1v) is 12.0. The fraction of sp³-hybridized carbons (Fsp3) is 0.310. The van der Waals surface area contributed by atoms with Crippen LogP contribution in [-0.4, -0.2) is 28.4 Å². The highest BCUT2D eigenvalue weighted by Crippen LogP contribution is 2.42. The topological polar surface area (TPSA) is 62.6 Å². The lowest BCUT2D eigenvalue weighted by molar-refractivity contribution is 0.0551. The van der Waals surface area contributed by atoms with Crippen LogP contribution < -0.4 is 9.47 Å². The number of fused-ring (bicyclic) bond motifs is 3. The summed E-state index contributed by atoms with van der Waals surface area (Å²) in [7, 11) is 1.63. The minimum Gasteiger partial charge on any atom is -0.493 e. The highest BCUT2D eigenvalue weighted by Gasteiger charge is 2.26. The van der Waals surface area contributed by atoms with Crippen LogP contribution in [0.4, 0.5) is 4.79 Å². The molecule has 2 aromatic heterocycles. The Labute approximate surface area is 205 Å². The van der Waals surface area contributed by atoms with Gasteiger partial charge in [-0.1, -0.05) is 36.4 Å². The second kappa shape index (κ2) is 9.10. The maximum absolute atomic E-state index is 13.5. The van der Waals surface area contributed by atoms with E-state index in [-0.39, 0.29) is 0 Å². The average Bonchev–Trinajstić information content (AvgIpc) is 3.47. The van der Waals surface area contributed by atoms with Crippen molar-refractivity contribution in [1.29, 1.82) is 0 Å². The van der Waals surface area contributed by atoms with Crippen LogP contribution in [0.3, 0.4) is 0 Å². The molecule has 180 valence electrons. The van der Waals surface area contributed by atoms with E-state index in [4.69, 9.17) is 19.2 Å². The molecule has 0 saturated carbocycles. The van der Waals surface area contributed by atoms with Crippen LogP contribution in [0.2, 0.25) is 0 Å². The molecule has 0 saturated heterocycles. The number of rotatable bonds is 5. The molecule has 0 unspecified atom stereocenters. The first-order chi connectivity index (χ1) is 16.9. The Morgan fingerprint density at radius 1 is 1.06 bits per heavy atom. The lowest BCUT2D eigenvalue weighted by Crippen LogP contribution is -2.27. The molecule has 0 amide bonds. The number of aromatic nitrogens is 2. The van der Waals surface area contributed by atoms with Crippen molar-refractivity contribution in [1.82, 2.24) is 9.55 Å².